The Morgan fingerprint density at radius 2 is 2.04 bits per heavy atom. The second kappa shape index (κ2) is 12.6. The van der Waals surface area contributed by atoms with Crippen LogP contribution in [0.2, 0.25) is 0 Å². The summed E-state index contributed by atoms with van der Waals surface area (Å²) in [6, 6.07) is 8.38. The molecule has 0 spiro atoms. The summed E-state index contributed by atoms with van der Waals surface area (Å²) in [4.78, 5) is 6.87. The number of methoxy groups -OCH3 is 1. The van der Waals surface area contributed by atoms with Crippen LogP contribution in [0.1, 0.15) is 20.3 Å². The van der Waals surface area contributed by atoms with E-state index >= 15 is 0 Å². The van der Waals surface area contributed by atoms with Crippen LogP contribution in [0.25, 0.3) is 0 Å². The van der Waals surface area contributed by atoms with Gasteiger partial charge in [0.1, 0.15) is 5.75 Å². The molecule has 1 atom stereocenters. The molecule has 158 valence electrons. The van der Waals surface area contributed by atoms with E-state index in [-0.39, 0.29) is 0 Å². The normalized spacial score (nSPS) is 16.8. The third-order valence-corrected chi connectivity index (χ3v) is 4.84. The zero-order valence-electron chi connectivity index (χ0n) is 17.7. The SMILES string of the molecule is CN=C(NCC(C(C)C)N1CCOCC1)Nc1cccc(OCCCOC)c1. The van der Waals surface area contributed by atoms with E-state index in [1.807, 2.05) is 24.3 Å². The Kier molecular flexibility index (Phi) is 10.1. The maximum atomic E-state index is 5.77. The van der Waals surface area contributed by atoms with E-state index in [0.717, 1.165) is 56.7 Å². The van der Waals surface area contributed by atoms with Crippen LogP contribution in [0.3, 0.4) is 0 Å². The van der Waals surface area contributed by atoms with Gasteiger partial charge >= 0.3 is 0 Å². The number of aliphatic imine (C=N–C) groups is 1. The molecule has 1 aliphatic rings. The van der Waals surface area contributed by atoms with Crippen LogP contribution in [-0.4, -0.2) is 77.1 Å². The lowest BCUT2D eigenvalue weighted by atomic mass is 10.0. The van der Waals surface area contributed by atoms with Crippen molar-refractivity contribution in [1.82, 2.24) is 10.2 Å². The Morgan fingerprint density at radius 1 is 1.25 bits per heavy atom. The zero-order chi connectivity index (χ0) is 20.2. The fourth-order valence-electron chi connectivity index (χ4n) is 3.27. The van der Waals surface area contributed by atoms with Gasteiger partial charge in [-0.3, -0.25) is 9.89 Å². The van der Waals surface area contributed by atoms with Crippen LogP contribution in [0.15, 0.2) is 29.3 Å². The quantitative estimate of drug-likeness (QED) is 0.362. The Morgan fingerprint density at radius 3 is 2.71 bits per heavy atom. The van der Waals surface area contributed by atoms with Gasteiger partial charge < -0.3 is 24.8 Å². The first-order valence-electron chi connectivity index (χ1n) is 10.1. The van der Waals surface area contributed by atoms with Crippen molar-refractivity contribution >= 4 is 11.6 Å². The van der Waals surface area contributed by atoms with Crippen molar-refractivity contribution < 1.29 is 14.2 Å². The van der Waals surface area contributed by atoms with Gasteiger partial charge in [-0.1, -0.05) is 19.9 Å². The second-order valence-corrected chi connectivity index (χ2v) is 7.26. The minimum Gasteiger partial charge on any atom is -0.493 e. The Balaban J connectivity index is 1.87. The molecule has 0 aliphatic carbocycles. The second-order valence-electron chi connectivity index (χ2n) is 7.26. The van der Waals surface area contributed by atoms with Gasteiger partial charge in [-0.05, 0) is 18.1 Å². The molecule has 2 N–H and O–H groups in total. The lowest BCUT2D eigenvalue weighted by Gasteiger charge is -2.37. The maximum Gasteiger partial charge on any atom is 0.195 e. The highest BCUT2D eigenvalue weighted by Crippen LogP contribution is 2.18. The predicted octanol–water partition coefficient (Wildman–Crippen LogP) is 2.45. The van der Waals surface area contributed by atoms with Gasteiger partial charge in [-0.25, -0.2) is 0 Å². The van der Waals surface area contributed by atoms with Gasteiger partial charge in [0, 0.05) is 64.6 Å². The lowest BCUT2D eigenvalue weighted by Crippen LogP contribution is -2.51. The first-order chi connectivity index (χ1) is 13.6. The van der Waals surface area contributed by atoms with Crippen molar-refractivity contribution in [3.63, 3.8) is 0 Å². The molecule has 7 nitrogen and oxygen atoms in total. The number of nitrogens with one attached hydrogen (secondary N) is 2. The minimum absolute atomic E-state index is 0.443. The monoisotopic (exact) mass is 392 g/mol. The number of nitrogens with zero attached hydrogens (tertiary/aromatic N) is 2. The third-order valence-electron chi connectivity index (χ3n) is 4.84. The zero-order valence-corrected chi connectivity index (χ0v) is 17.7. The largest absolute Gasteiger partial charge is 0.493 e. The molecule has 0 radical (unpaired) electrons. The van der Waals surface area contributed by atoms with Crippen LogP contribution in [0.5, 0.6) is 5.75 Å². The fraction of sp³-hybridized carbons (Fsp3) is 0.667. The Hall–Kier alpha value is -1.83. The molecule has 1 fully saturated rings. The van der Waals surface area contributed by atoms with Crippen LogP contribution >= 0.6 is 0 Å². The molecule has 2 rings (SSSR count). The van der Waals surface area contributed by atoms with E-state index in [9.17, 15) is 0 Å². The van der Waals surface area contributed by atoms with Crippen LogP contribution in [0.4, 0.5) is 5.69 Å². The molecule has 1 aromatic rings. The van der Waals surface area contributed by atoms with E-state index in [2.05, 4.69) is 34.4 Å². The summed E-state index contributed by atoms with van der Waals surface area (Å²) >= 11 is 0. The topological polar surface area (TPSA) is 67.4 Å². The van der Waals surface area contributed by atoms with Crippen molar-refractivity contribution in [2.24, 2.45) is 10.9 Å². The van der Waals surface area contributed by atoms with Crippen LogP contribution in [-0.2, 0) is 9.47 Å². The van der Waals surface area contributed by atoms with Crippen molar-refractivity contribution in [3.05, 3.63) is 24.3 Å². The predicted molar refractivity (Wildman–Crippen MR) is 114 cm³/mol. The van der Waals surface area contributed by atoms with Crippen molar-refractivity contribution in [1.29, 1.82) is 0 Å². The fourth-order valence-corrected chi connectivity index (χ4v) is 3.27. The summed E-state index contributed by atoms with van der Waals surface area (Å²) in [6.45, 7) is 10.3. The first kappa shape index (κ1) is 22.5. The average Bonchev–Trinajstić information content (AvgIpc) is 2.71. The number of hydrogen-bond acceptors (Lipinski definition) is 5. The molecular weight excluding hydrogens is 356 g/mol. The van der Waals surface area contributed by atoms with E-state index in [1.165, 1.54) is 0 Å². The summed E-state index contributed by atoms with van der Waals surface area (Å²) in [5.74, 6) is 2.15. The molecule has 1 heterocycles. The smallest absolute Gasteiger partial charge is 0.195 e. The van der Waals surface area contributed by atoms with Gasteiger partial charge in [-0.2, -0.15) is 0 Å². The van der Waals surface area contributed by atoms with Crippen LogP contribution < -0.4 is 15.4 Å². The average molecular weight is 393 g/mol. The number of anilines is 1. The van der Waals surface area contributed by atoms with E-state index in [4.69, 9.17) is 14.2 Å². The molecule has 1 unspecified atom stereocenters. The van der Waals surface area contributed by atoms with E-state index in [1.54, 1.807) is 14.2 Å². The number of hydrogen-bond donors (Lipinski definition) is 2. The molecule has 0 saturated carbocycles. The van der Waals surface area contributed by atoms with Crippen molar-refractivity contribution in [2.75, 3.05) is 65.5 Å². The van der Waals surface area contributed by atoms with Gasteiger partial charge in [0.05, 0.1) is 19.8 Å². The molecule has 1 saturated heterocycles. The molecule has 0 amide bonds. The van der Waals surface area contributed by atoms with Gasteiger partial charge in [-0.15, -0.1) is 0 Å². The van der Waals surface area contributed by atoms with E-state index in [0.29, 0.717) is 25.2 Å². The highest BCUT2D eigenvalue weighted by Gasteiger charge is 2.23. The molecular formula is C21H36N4O3. The molecule has 0 aromatic heterocycles. The molecule has 7 heteroatoms. The summed E-state index contributed by atoms with van der Waals surface area (Å²) in [6.07, 6.45) is 0.871. The molecule has 1 aliphatic heterocycles. The Bertz CT molecular complexity index is 589. The molecule has 1 aromatic carbocycles. The molecule has 0 bridgehead atoms. The standard InChI is InChI=1S/C21H36N4O3/c1-17(2)20(25-9-13-27-14-10-25)16-23-21(22-3)24-18-7-5-8-19(15-18)28-12-6-11-26-4/h5,7-8,15,17,20H,6,9-14,16H2,1-4H3,(H2,22,23,24). The number of rotatable bonds is 10. The van der Waals surface area contributed by atoms with E-state index < -0.39 is 0 Å². The Labute approximate surface area is 169 Å². The van der Waals surface area contributed by atoms with Crippen LogP contribution in [0, 0.1) is 5.92 Å². The maximum absolute atomic E-state index is 5.77. The lowest BCUT2D eigenvalue weighted by molar-refractivity contribution is 0.00757. The molecule has 28 heavy (non-hydrogen) atoms. The summed E-state index contributed by atoms with van der Waals surface area (Å²) in [5, 5.41) is 6.83. The number of guanidine groups is 1. The number of benzene rings is 1. The van der Waals surface area contributed by atoms with Gasteiger partial charge in [0.25, 0.3) is 0 Å². The van der Waals surface area contributed by atoms with Crippen molar-refractivity contribution in [3.8, 4) is 5.75 Å². The third kappa shape index (κ3) is 7.66. The highest BCUT2D eigenvalue weighted by atomic mass is 16.5. The van der Waals surface area contributed by atoms with Gasteiger partial charge in [0.2, 0.25) is 0 Å². The number of morpholine rings is 1. The van der Waals surface area contributed by atoms with Crippen molar-refractivity contribution in [2.45, 2.75) is 26.3 Å². The summed E-state index contributed by atoms with van der Waals surface area (Å²) in [5.41, 5.74) is 0.949. The number of ether oxygens (including phenoxy) is 3. The highest BCUT2D eigenvalue weighted by molar-refractivity contribution is 5.93. The summed E-state index contributed by atoms with van der Waals surface area (Å²) in [7, 11) is 3.49. The summed E-state index contributed by atoms with van der Waals surface area (Å²) < 4.78 is 16.3. The van der Waals surface area contributed by atoms with Gasteiger partial charge in [0.15, 0.2) is 5.96 Å². The first-order valence-corrected chi connectivity index (χ1v) is 10.1. The minimum atomic E-state index is 0.443.